The van der Waals surface area contributed by atoms with Crippen molar-refractivity contribution in [1.82, 2.24) is 0 Å². The fourth-order valence-corrected chi connectivity index (χ4v) is 11.0. The van der Waals surface area contributed by atoms with Crippen LogP contribution < -0.4 is 0 Å². The molecule has 5 rings (SSSR count). The first-order valence-electron chi connectivity index (χ1n) is 16.6. The van der Waals surface area contributed by atoms with Gasteiger partial charge in [0.05, 0.1) is 36.6 Å². The average molecular weight is 663 g/mol. The molecule has 4 aliphatic carbocycles. The van der Waals surface area contributed by atoms with Gasteiger partial charge in [0.25, 0.3) is 0 Å². The number of fused-ring (bicyclic) bond motifs is 5. The molecular weight excluding hydrogens is 608 g/mol. The normalized spacial score (nSPS) is 48.2. The second-order valence-electron chi connectivity index (χ2n) is 15.6. The zero-order valence-electron chi connectivity index (χ0n) is 27.0. The Labute approximate surface area is 266 Å². The summed E-state index contributed by atoms with van der Waals surface area (Å²) in [5.41, 5.74) is -1.48. The maximum absolute atomic E-state index is 12.6. The summed E-state index contributed by atoms with van der Waals surface area (Å²) in [6.45, 7) is 9.83. The van der Waals surface area contributed by atoms with Gasteiger partial charge in [-0.15, -0.1) is 0 Å². The lowest BCUT2D eigenvalue weighted by Crippen LogP contribution is -2.66. The van der Waals surface area contributed by atoms with Crippen LogP contribution in [0.5, 0.6) is 0 Å². The lowest BCUT2D eigenvalue weighted by molar-refractivity contribution is -0.280. The summed E-state index contributed by atoms with van der Waals surface area (Å²) in [5, 5.41) is 66.0. The van der Waals surface area contributed by atoms with E-state index >= 15 is 0 Å². The van der Waals surface area contributed by atoms with E-state index in [-0.39, 0.29) is 36.7 Å². The topological polar surface area (TPSA) is 203 Å². The predicted octanol–water partition coefficient (Wildman–Crippen LogP) is 1.71. The van der Waals surface area contributed by atoms with E-state index in [9.17, 15) is 43.6 Å². The SMILES string of the molecule is CC(C)[C@H](CC[C@@H](C)[C@H]1C[C@H](O)[C@H]2[C@]1(C)CC[C@H]1[C@@]2(O)C[C@@H](O)C2=C[C@@H](O[C@@H]3OC[C@H](O)[C@H](O)[C@@H]3O)CC[C@@]21C)OS(=O)(=O)O. The first-order valence-corrected chi connectivity index (χ1v) is 18.0. The summed E-state index contributed by atoms with van der Waals surface area (Å²) in [4.78, 5) is 0. The maximum atomic E-state index is 12.6. The van der Waals surface area contributed by atoms with Gasteiger partial charge in [0.1, 0.15) is 18.3 Å². The zero-order valence-corrected chi connectivity index (χ0v) is 27.8. The molecule has 1 saturated heterocycles. The maximum Gasteiger partial charge on any atom is 0.397 e. The van der Waals surface area contributed by atoms with Gasteiger partial charge in [-0.1, -0.05) is 40.7 Å². The van der Waals surface area contributed by atoms with Crippen LogP contribution in [0.4, 0.5) is 0 Å². The van der Waals surface area contributed by atoms with Crippen molar-refractivity contribution in [3.05, 3.63) is 11.6 Å². The van der Waals surface area contributed by atoms with E-state index in [1.807, 2.05) is 19.9 Å². The van der Waals surface area contributed by atoms with E-state index in [0.29, 0.717) is 38.5 Å². The van der Waals surface area contributed by atoms with E-state index in [0.717, 1.165) is 12.0 Å². The smallest absolute Gasteiger partial charge is 0.393 e. The van der Waals surface area contributed by atoms with E-state index in [1.54, 1.807) is 0 Å². The highest BCUT2D eigenvalue weighted by molar-refractivity contribution is 7.80. The monoisotopic (exact) mass is 662 g/mol. The van der Waals surface area contributed by atoms with Crippen molar-refractivity contribution in [3.8, 4) is 0 Å². The molecule has 1 heterocycles. The summed E-state index contributed by atoms with van der Waals surface area (Å²) in [7, 11) is -4.58. The highest BCUT2D eigenvalue weighted by Gasteiger charge is 2.69. The van der Waals surface area contributed by atoms with Gasteiger partial charge in [-0.05, 0) is 85.0 Å². The Hall–Kier alpha value is -0.710. The van der Waals surface area contributed by atoms with Crippen LogP contribution in [-0.2, 0) is 24.1 Å². The molecule has 0 amide bonds. The summed E-state index contributed by atoms with van der Waals surface area (Å²) in [5.74, 6) is -0.635. The fourth-order valence-electron chi connectivity index (χ4n) is 10.3. The zero-order chi connectivity index (χ0) is 33.3. The predicted molar refractivity (Wildman–Crippen MR) is 162 cm³/mol. The van der Waals surface area contributed by atoms with Crippen molar-refractivity contribution in [2.75, 3.05) is 6.61 Å². The van der Waals surface area contributed by atoms with E-state index < -0.39 is 81.8 Å². The van der Waals surface area contributed by atoms with Crippen molar-refractivity contribution >= 4 is 10.4 Å². The quantitative estimate of drug-likeness (QED) is 0.139. The van der Waals surface area contributed by atoms with Crippen LogP contribution >= 0.6 is 0 Å². The fraction of sp³-hybridized carbons (Fsp3) is 0.938. The molecule has 0 aromatic heterocycles. The van der Waals surface area contributed by atoms with Crippen LogP contribution in [-0.4, -0.2) is 105 Å². The van der Waals surface area contributed by atoms with Gasteiger partial charge in [-0.2, -0.15) is 8.42 Å². The van der Waals surface area contributed by atoms with E-state index in [4.69, 9.17) is 13.7 Å². The average Bonchev–Trinajstić information content (AvgIpc) is 3.22. The van der Waals surface area contributed by atoms with Gasteiger partial charge in [0, 0.05) is 12.3 Å². The van der Waals surface area contributed by atoms with Crippen LogP contribution in [0.25, 0.3) is 0 Å². The van der Waals surface area contributed by atoms with Crippen molar-refractivity contribution < 1.29 is 57.3 Å². The molecule has 15 atom stereocenters. The molecule has 12 nitrogen and oxygen atoms in total. The molecule has 0 aromatic rings. The first kappa shape index (κ1) is 35.6. The van der Waals surface area contributed by atoms with Gasteiger partial charge in [0.15, 0.2) is 6.29 Å². The number of aliphatic hydroxyl groups excluding tert-OH is 5. The Balaban J connectivity index is 1.33. The number of aliphatic hydroxyl groups is 6. The minimum absolute atomic E-state index is 0.0582. The van der Waals surface area contributed by atoms with Gasteiger partial charge >= 0.3 is 10.4 Å². The molecule has 0 spiro atoms. The van der Waals surface area contributed by atoms with E-state index in [2.05, 4.69) is 20.8 Å². The molecular formula is C32H54O12S. The third kappa shape index (κ3) is 6.41. The highest BCUT2D eigenvalue weighted by atomic mass is 32.3. The molecule has 5 aliphatic rings. The third-order valence-electron chi connectivity index (χ3n) is 12.5. The molecule has 260 valence electrons. The van der Waals surface area contributed by atoms with Gasteiger partial charge in [-0.3, -0.25) is 4.55 Å². The molecule has 13 heteroatoms. The molecule has 0 unspecified atom stereocenters. The Morgan fingerprint density at radius 3 is 2.33 bits per heavy atom. The molecule has 45 heavy (non-hydrogen) atoms. The molecule has 4 fully saturated rings. The Morgan fingerprint density at radius 2 is 1.69 bits per heavy atom. The summed E-state index contributed by atoms with van der Waals surface area (Å²) >= 11 is 0. The third-order valence-corrected chi connectivity index (χ3v) is 13.0. The molecule has 7 N–H and O–H groups in total. The van der Waals surface area contributed by atoms with Crippen molar-refractivity contribution in [2.24, 2.45) is 40.4 Å². The molecule has 3 saturated carbocycles. The molecule has 1 aliphatic heterocycles. The lowest BCUT2D eigenvalue weighted by Gasteiger charge is -2.64. The van der Waals surface area contributed by atoms with Crippen LogP contribution in [0.2, 0.25) is 0 Å². The number of ether oxygens (including phenoxy) is 2. The summed E-state index contributed by atoms with van der Waals surface area (Å²) in [6, 6.07) is 0. The van der Waals surface area contributed by atoms with Crippen LogP contribution in [0.1, 0.15) is 86.0 Å². The van der Waals surface area contributed by atoms with Gasteiger partial charge in [0.2, 0.25) is 0 Å². The minimum atomic E-state index is -4.58. The van der Waals surface area contributed by atoms with Crippen LogP contribution in [0, 0.1) is 40.4 Å². The summed E-state index contributed by atoms with van der Waals surface area (Å²) < 4.78 is 48.4. The van der Waals surface area contributed by atoms with E-state index in [1.165, 1.54) is 0 Å². The van der Waals surface area contributed by atoms with Gasteiger partial charge in [-0.25, -0.2) is 4.18 Å². The summed E-state index contributed by atoms with van der Waals surface area (Å²) in [6.07, 6.45) is -1.88. The van der Waals surface area contributed by atoms with Gasteiger partial charge < -0.3 is 40.1 Å². The number of hydrogen-bond acceptors (Lipinski definition) is 11. The molecule has 0 aromatic carbocycles. The minimum Gasteiger partial charge on any atom is -0.393 e. The Bertz CT molecular complexity index is 1210. The van der Waals surface area contributed by atoms with Crippen molar-refractivity contribution in [2.45, 2.75) is 141 Å². The second kappa shape index (κ2) is 12.6. The molecule has 0 radical (unpaired) electrons. The van der Waals surface area contributed by atoms with Crippen molar-refractivity contribution in [3.63, 3.8) is 0 Å². The second-order valence-corrected chi connectivity index (χ2v) is 16.6. The standard InChI is InChI=1S/C32H54O12S/c1-16(2)24(44-45(39,40)41)7-6-17(3)19-13-21(33)28-31(19,5)11-9-25-30(4)10-8-18(12-20(30)22(34)14-32(25,28)38)43-29-27(37)26(36)23(35)15-42-29/h12,16-19,21-29,33-38H,6-11,13-15H2,1-5H3,(H,39,40,41)/t17-,18+,19-,21+,22-,23+,24+,25-,26+,27+,28+,29+,30+,31-,32+/m1/s1. The lowest BCUT2D eigenvalue weighted by atomic mass is 9.43. The van der Waals surface area contributed by atoms with Crippen LogP contribution in [0.15, 0.2) is 11.6 Å². The largest absolute Gasteiger partial charge is 0.397 e. The first-order chi connectivity index (χ1) is 20.8. The van der Waals surface area contributed by atoms with Crippen molar-refractivity contribution in [1.29, 1.82) is 0 Å². The Morgan fingerprint density at radius 1 is 1.00 bits per heavy atom. The van der Waals surface area contributed by atoms with Crippen LogP contribution in [0.3, 0.4) is 0 Å². The highest BCUT2D eigenvalue weighted by Crippen LogP contribution is 2.69. The molecule has 0 bridgehead atoms. The number of hydrogen-bond donors (Lipinski definition) is 7. The number of rotatable bonds is 9. The Kier molecular flexibility index (Phi) is 9.99.